The van der Waals surface area contributed by atoms with Gasteiger partial charge in [0.05, 0.1) is 24.4 Å². The van der Waals surface area contributed by atoms with Crippen LogP contribution in [0.3, 0.4) is 0 Å². The summed E-state index contributed by atoms with van der Waals surface area (Å²) in [5.41, 5.74) is 6.28. The number of carbonyl (C=O) groups excluding carboxylic acids is 1. The van der Waals surface area contributed by atoms with Crippen LogP contribution in [0.4, 0.5) is 5.69 Å². The van der Waals surface area contributed by atoms with E-state index >= 15 is 0 Å². The fourth-order valence-electron chi connectivity index (χ4n) is 1.23. The Hall–Kier alpha value is -2.22. The molecule has 0 saturated heterocycles. The number of benzene rings is 1. The topological polar surface area (TPSA) is 88.1 Å². The molecule has 0 aliphatic rings. The molecule has 5 heteroatoms. The third kappa shape index (κ3) is 3.17. The molecule has 0 heterocycles. The van der Waals surface area contributed by atoms with Crippen LogP contribution in [0.25, 0.3) is 0 Å². The fraction of sp³-hybridized carbons (Fsp3) is 0.273. The molecular weight excluding hydrogens is 206 g/mol. The monoisotopic (exact) mass is 219 g/mol. The zero-order valence-electron chi connectivity index (χ0n) is 8.99. The van der Waals surface area contributed by atoms with Crippen LogP contribution in [-0.4, -0.2) is 19.6 Å². The van der Waals surface area contributed by atoms with E-state index in [1.165, 1.54) is 7.11 Å². The average Bonchev–Trinajstić information content (AvgIpc) is 2.29. The SMILES string of the molecule is COc1cc(C#N)ccc1NCCC(N)=O. The molecule has 1 rings (SSSR count). The number of hydrogen-bond acceptors (Lipinski definition) is 4. The molecule has 16 heavy (non-hydrogen) atoms. The van der Waals surface area contributed by atoms with Crippen LogP contribution in [0.5, 0.6) is 5.75 Å². The van der Waals surface area contributed by atoms with Crippen LogP contribution in [0, 0.1) is 11.3 Å². The molecule has 0 aromatic heterocycles. The third-order valence-electron chi connectivity index (χ3n) is 2.02. The summed E-state index contributed by atoms with van der Waals surface area (Å²) in [7, 11) is 1.52. The number of nitrogens with one attached hydrogen (secondary N) is 1. The van der Waals surface area contributed by atoms with E-state index in [-0.39, 0.29) is 12.3 Å². The van der Waals surface area contributed by atoms with Crippen molar-refractivity contribution in [1.82, 2.24) is 0 Å². The second-order valence-corrected chi connectivity index (χ2v) is 3.17. The summed E-state index contributed by atoms with van der Waals surface area (Å²) in [4.78, 5) is 10.6. The molecule has 0 saturated carbocycles. The highest BCUT2D eigenvalue weighted by molar-refractivity contribution is 5.74. The standard InChI is InChI=1S/C11H13N3O2/c1-16-10-6-8(7-12)2-3-9(10)14-5-4-11(13)15/h2-3,6,14H,4-5H2,1H3,(H2,13,15). The number of primary amides is 1. The van der Waals surface area contributed by atoms with Gasteiger partial charge in [-0.3, -0.25) is 4.79 Å². The molecule has 0 fully saturated rings. The molecule has 0 unspecified atom stereocenters. The minimum atomic E-state index is -0.361. The van der Waals surface area contributed by atoms with Gasteiger partial charge in [0.15, 0.2) is 0 Å². The van der Waals surface area contributed by atoms with E-state index in [4.69, 9.17) is 15.7 Å². The highest BCUT2D eigenvalue weighted by Gasteiger charge is 2.04. The lowest BCUT2D eigenvalue weighted by Crippen LogP contribution is -2.16. The van der Waals surface area contributed by atoms with Crippen molar-refractivity contribution in [2.75, 3.05) is 19.0 Å². The van der Waals surface area contributed by atoms with Crippen molar-refractivity contribution in [3.63, 3.8) is 0 Å². The van der Waals surface area contributed by atoms with Crippen LogP contribution >= 0.6 is 0 Å². The van der Waals surface area contributed by atoms with E-state index < -0.39 is 0 Å². The van der Waals surface area contributed by atoms with Crippen molar-refractivity contribution < 1.29 is 9.53 Å². The number of nitriles is 1. The van der Waals surface area contributed by atoms with Gasteiger partial charge in [0.1, 0.15) is 5.75 Å². The number of rotatable bonds is 5. The van der Waals surface area contributed by atoms with Crippen molar-refractivity contribution >= 4 is 11.6 Å². The maximum Gasteiger partial charge on any atom is 0.219 e. The Morgan fingerprint density at radius 3 is 2.94 bits per heavy atom. The van der Waals surface area contributed by atoms with Gasteiger partial charge in [0.25, 0.3) is 0 Å². The van der Waals surface area contributed by atoms with Crippen LogP contribution in [0.15, 0.2) is 18.2 Å². The van der Waals surface area contributed by atoms with E-state index in [0.717, 1.165) is 5.69 Å². The third-order valence-corrected chi connectivity index (χ3v) is 2.02. The summed E-state index contributed by atoms with van der Waals surface area (Å²) in [6.07, 6.45) is 0.253. The lowest BCUT2D eigenvalue weighted by atomic mass is 10.2. The Labute approximate surface area is 93.8 Å². The van der Waals surface area contributed by atoms with Crippen LogP contribution in [0.1, 0.15) is 12.0 Å². The summed E-state index contributed by atoms with van der Waals surface area (Å²) in [5, 5.41) is 11.7. The molecule has 0 aliphatic heterocycles. The Kier molecular flexibility index (Phi) is 4.16. The molecule has 1 aromatic carbocycles. The largest absolute Gasteiger partial charge is 0.495 e. The van der Waals surface area contributed by atoms with Gasteiger partial charge in [0.2, 0.25) is 5.91 Å². The zero-order valence-corrected chi connectivity index (χ0v) is 8.99. The lowest BCUT2D eigenvalue weighted by Gasteiger charge is -2.10. The van der Waals surface area contributed by atoms with Crippen molar-refractivity contribution in [1.29, 1.82) is 5.26 Å². The highest BCUT2D eigenvalue weighted by Crippen LogP contribution is 2.25. The molecule has 0 spiro atoms. The van der Waals surface area contributed by atoms with E-state index in [1.807, 2.05) is 6.07 Å². The minimum absolute atomic E-state index is 0.253. The van der Waals surface area contributed by atoms with Gasteiger partial charge in [-0.05, 0) is 12.1 Å². The maximum atomic E-state index is 10.6. The molecule has 1 amide bonds. The van der Waals surface area contributed by atoms with E-state index in [0.29, 0.717) is 17.9 Å². The molecule has 84 valence electrons. The number of amides is 1. The Bertz CT molecular complexity index is 424. The van der Waals surface area contributed by atoms with Gasteiger partial charge in [-0.2, -0.15) is 5.26 Å². The number of hydrogen-bond donors (Lipinski definition) is 2. The summed E-state index contributed by atoms with van der Waals surface area (Å²) in [5.74, 6) is 0.212. The molecule has 3 N–H and O–H groups in total. The first-order valence-electron chi connectivity index (χ1n) is 4.77. The maximum absolute atomic E-state index is 10.6. The number of nitrogens with zero attached hydrogens (tertiary/aromatic N) is 1. The molecule has 0 atom stereocenters. The highest BCUT2D eigenvalue weighted by atomic mass is 16.5. The second-order valence-electron chi connectivity index (χ2n) is 3.17. The molecular formula is C11H13N3O2. The lowest BCUT2D eigenvalue weighted by molar-refractivity contribution is -0.117. The van der Waals surface area contributed by atoms with Gasteiger partial charge in [-0.15, -0.1) is 0 Å². The Balaban J connectivity index is 2.72. The van der Waals surface area contributed by atoms with Crippen LogP contribution in [0.2, 0.25) is 0 Å². The van der Waals surface area contributed by atoms with E-state index in [2.05, 4.69) is 5.32 Å². The number of nitrogens with two attached hydrogens (primary N) is 1. The molecule has 0 radical (unpaired) electrons. The number of anilines is 1. The zero-order chi connectivity index (χ0) is 12.0. The number of ether oxygens (including phenoxy) is 1. The number of carbonyl (C=O) groups is 1. The van der Waals surface area contributed by atoms with Crippen molar-refractivity contribution in [3.05, 3.63) is 23.8 Å². The smallest absolute Gasteiger partial charge is 0.219 e. The fourth-order valence-corrected chi connectivity index (χ4v) is 1.23. The Morgan fingerprint density at radius 1 is 1.62 bits per heavy atom. The van der Waals surface area contributed by atoms with E-state index in [9.17, 15) is 4.79 Å². The van der Waals surface area contributed by atoms with Crippen molar-refractivity contribution in [2.45, 2.75) is 6.42 Å². The molecule has 5 nitrogen and oxygen atoms in total. The van der Waals surface area contributed by atoms with Crippen LogP contribution < -0.4 is 15.8 Å². The normalized spacial score (nSPS) is 9.25. The van der Waals surface area contributed by atoms with Gasteiger partial charge in [-0.1, -0.05) is 0 Å². The first-order valence-corrected chi connectivity index (χ1v) is 4.77. The molecule has 1 aromatic rings. The Morgan fingerprint density at radius 2 is 2.38 bits per heavy atom. The van der Waals surface area contributed by atoms with Gasteiger partial charge < -0.3 is 15.8 Å². The summed E-state index contributed by atoms with van der Waals surface area (Å²) < 4.78 is 5.12. The predicted octanol–water partition coefficient (Wildman–Crippen LogP) is 0.854. The second kappa shape index (κ2) is 5.61. The predicted molar refractivity (Wildman–Crippen MR) is 60.0 cm³/mol. The summed E-state index contributed by atoms with van der Waals surface area (Å²) in [6, 6.07) is 7.06. The van der Waals surface area contributed by atoms with Gasteiger partial charge in [0, 0.05) is 19.0 Å². The minimum Gasteiger partial charge on any atom is -0.495 e. The first kappa shape index (κ1) is 11.9. The summed E-state index contributed by atoms with van der Waals surface area (Å²) in [6.45, 7) is 0.442. The van der Waals surface area contributed by atoms with Gasteiger partial charge >= 0.3 is 0 Å². The quantitative estimate of drug-likeness (QED) is 0.768. The number of methoxy groups -OCH3 is 1. The summed E-state index contributed by atoms with van der Waals surface area (Å²) >= 11 is 0. The molecule has 0 bridgehead atoms. The van der Waals surface area contributed by atoms with E-state index in [1.54, 1.807) is 18.2 Å². The van der Waals surface area contributed by atoms with Gasteiger partial charge in [-0.25, -0.2) is 0 Å². The van der Waals surface area contributed by atoms with Crippen LogP contribution in [-0.2, 0) is 4.79 Å². The van der Waals surface area contributed by atoms with Crippen molar-refractivity contribution in [3.8, 4) is 11.8 Å². The average molecular weight is 219 g/mol. The van der Waals surface area contributed by atoms with Crippen molar-refractivity contribution in [2.24, 2.45) is 5.73 Å². The first-order chi connectivity index (χ1) is 7.67. The molecule has 0 aliphatic carbocycles.